The fourth-order valence-corrected chi connectivity index (χ4v) is 1.78. The van der Waals surface area contributed by atoms with E-state index in [0.717, 1.165) is 28.3 Å². The first-order chi connectivity index (χ1) is 8.60. The standard InChI is InChI=1S/C14H17N3O/c1-10-5-6-13(14(7-10)18-4)15-8-12-9-17(3)16-11(12)2/h5-9H,1-4H3/b15-8+. The Morgan fingerprint density at radius 2 is 2.11 bits per heavy atom. The molecule has 0 fully saturated rings. The van der Waals surface area contributed by atoms with Gasteiger partial charge in [-0.15, -0.1) is 0 Å². The first-order valence-corrected chi connectivity index (χ1v) is 5.79. The highest BCUT2D eigenvalue weighted by Gasteiger charge is 2.02. The van der Waals surface area contributed by atoms with Crippen LogP contribution < -0.4 is 4.74 Å². The maximum absolute atomic E-state index is 5.32. The molecular formula is C14H17N3O. The van der Waals surface area contributed by atoms with Gasteiger partial charge in [0.2, 0.25) is 0 Å². The lowest BCUT2D eigenvalue weighted by Crippen LogP contribution is -1.86. The Morgan fingerprint density at radius 1 is 1.33 bits per heavy atom. The topological polar surface area (TPSA) is 39.4 Å². The van der Waals surface area contributed by atoms with E-state index in [1.54, 1.807) is 11.8 Å². The molecule has 0 radical (unpaired) electrons. The molecular weight excluding hydrogens is 226 g/mol. The van der Waals surface area contributed by atoms with Gasteiger partial charge in [-0.2, -0.15) is 5.10 Å². The molecule has 1 aromatic heterocycles. The van der Waals surface area contributed by atoms with Crippen LogP contribution in [0.15, 0.2) is 29.4 Å². The van der Waals surface area contributed by atoms with Crippen LogP contribution in [-0.2, 0) is 7.05 Å². The fourth-order valence-electron chi connectivity index (χ4n) is 1.78. The Labute approximate surface area is 107 Å². The molecule has 18 heavy (non-hydrogen) atoms. The second kappa shape index (κ2) is 5.04. The zero-order valence-corrected chi connectivity index (χ0v) is 11.1. The van der Waals surface area contributed by atoms with Gasteiger partial charge in [0.15, 0.2) is 0 Å². The molecule has 1 aromatic carbocycles. The summed E-state index contributed by atoms with van der Waals surface area (Å²) in [6.45, 7) is 4.00. The summed E-state index contributed by atoms with van der Waals surface area (Å²) in [6.07, 6.45) is 3.76. The molecule has 0 aliphatic rings. The summed E-state index contributed by atoms with van der Waals surface area (Å²) in [6, 6.07) is 5.95. The van der Waals surface area contributed by atoms with Crippen molar-refractivity contribution in [3.8, 4) is 5.75 Å². The number of hydrogen-bond acceptors (Lipinski definition) is 3. The van der Waals surface area contributed by atoms with Gasteiger partial charge in [0, 0.05) is 25.0 Å². The van der Waals surface area contributed by atoms with Crippen LogP contribution in [-0.4, -0.2) is 23.1 Å². The van der Waals surface area contributed by atoms with Gasteiger partial charge in [-0.1, -0.05) is 6.07 Å². The number of rotatable bonds is 3. The van der Waals surface area contributed by atoms with E-state index < -0.39 is 0 Å². The highest BCUT2D eigenvalue weighted by Crippen LogP contribution is 2.28. The van der Waals surface area contributed by atoms with E-state index in [-0.39, 0.29) is 0 Å². The molecule has 0 bridgehead atoms. The smallest absolute Gasteiger partial charge is 0.144 e. The molecule has 0 N–H and O–H groups in total. The average Bonchev–Trinajstić information content (AvgIpc) is 2.66. The van der Waals surface area contributed by atoms with Crippen LogP contribution in [0.25, 0.3) is 0 Å². The Bertz CT molecular complexity index is 585. The van der Waals surface area contributed by atoms with Crippen LogP contribution in [0.4, 0.5) is 5.69 Å². The zero-order valence-electron chi connectivity index (χ0n) is 11.1. The van der Waals surface area contributed by atoms with Crippen molar-refractivity contribution >= 4 is 11.9 Å². The summed E-state index contributed by atoms with van der Waals surface area (Å²) < 4.78 is 7.10. The van der Waals surface area contributed by atoms with Crippen LogP contribution in [0, 0.1) is 13.8 Å². The number of methoxy groups -OCH3 is 1. The number of nitrogens with zero attached hydrogens (tertiary/aromatic N) is 3. The summed E-state index contributed by atoms with van der Waals surface area (Å²) in [5, 5.41) is 4.27. The van der Waals surface area contributed by atoms with Gasteiger partial charge in [-0.25, -0.2) is 0 Å². The summed E-state index contributed by atoms with van der Waals surface area (Å²) in [5.74, 6) is 0.785. The molecule has 94 valence electrons. The molecule has 2 aromatic rings. The lowest BCUT2D eigenvalue weighted by atomic mass is 10.2. The van der Waals surface area contributed by atoms with Crippen molar-refractivity contribution in [3.63, 3.8) is 0 Å². The Morgan fingerprint density at radius 3 is 2.72 bits per heavy atom. The lowest BCUT2D eigenvalue weighted by molar-refractivity contribution is 0.416. The van der Waals surface area contributed by atoms with Gasteiger partial charge in [0.25, 0.3) is 0 Å². The monoisotopic (exact) mass is 243 g/mol. The van der Waals surface area contributed by atoms with E-state index in [1.807, 2.05) is 51.5 Å². The lowest BCUT2D eigenvalue weighted by Gasteiger charge is -2.04. The minimum absolute atomic E-state index is 0.785. The molecule has 0 unspecified atom stereocenters. The van der Waals surface area contributed by atoms with Gasteiger partial charge in [0.05, 0.1) is 12.8 Å². The van der Waals surface area contributed by atoms with E-state index in [0.29, 0.717) is 0 Å². The normalized spacial score (nSPS) is 11.1. The van der Waals surface area contributed by atoms with E-state index >= 15 is 0 Å². The minimum atomic E-state index is 0.785. The van der Waals surface area contributed by atoms with Gasteiger partial charge >= 0.3 is 0 Å². The van der Waals surface area contributed by atoms with E-state index in [9.17, 15) is 0 Å². The number of aliphatic imine (C=N–C) groups is 1. The van der Waals surface area contributed by atoms with Gasteiger partial charge in [0.1, 0.15) is 11.4 Å². The number of hydrogen-bond donors (Lipinski definition) is 0. The second-order valence-electron chi connectivity index (χ2n) is 4.28. The van der Waals surface area contributed by atoms with E-state index in [1.165, 1.54) is 0 Å². The molecule has 1 heterocycles. The SMILES string of the molecule is COc1cc(C)ccc1/N=C/c1cn(C)nc1C. The molecule has 0 amide bonds. The Kier molecular flexibility index (Phi) is 3.46. The zero-order chi connectivity index (χ0) is 13.1. The number of aryl methyl sites for hydroxylation is 3. The molecule has 4 nitrogen and oxygen atoms in total. The van der Waals surface area contributed by atoms with Crippen molar-refractivity contribution in [1.29, 1.82) is 0 Å². The van der Waals surface area contributed by atoms with Crippen molar-refractivity contribution in [2.24, 2.45) is 12.0 Å². The van der Waals surface area contributed by atoms with Crippen molar-refractivity contribution in [2.45, 2.75) is 13.8 Å². The van der Waals surface area contributed by atoms with Crippen LogP contribution in [0.5, 0.6) is 5.75 Å². The maximum atomic E-state index is 5.32. The molecule has 0 aliphatic heterocycles. The predicted molar refractivity (Wildman–Crippen MR) is 72.9 cm³/mol. The van der Waals surface area contributed by atoms with Gasteiger partial charge in [-0.3, -0.25) is 9.67 Å². The highest BCUT2D eigenvalue weighted by atomic mass is 16.5. The quantitative estimate of drug-likeness (QED) is 0.778. The largest absolute Gasteiger partial charge is 0.494 e. The fraction of sp³-hybridized carbons (Fsp3) is 0.286. The van der Waals surface area contributed by atoms with Gasteiger partial charge < -0.3 is 4.74 Å². The highest BCUT2D eigenvalue weighted by molar-refractivity contribution is 5.83. The van der Waals surface area contributed by atoms with Crippen LogP contribution in [0.1, 0.15) is 16.8 Å². The molecule has 4 heteroatoms. The minimum Gasteiger partial charge on any atom is -0.494 e. The average molecular weight is 243 g/mol. The van der Waals surface area contributed by atoms with Crippen molar-refractivity contribution in [1.82, 2.24) is 9.78 Å². The van der Waals surface area contributed by atoms with Crippen molar-refractivity contribution < 1.29 is 4.74 Å². The summed E-state index contributed by atoms with van der Waals surface area (Å²) in [4.78, 5) is 4.46. The maximum Gasteiger partial charge on any atom is 0.144 e. The predicted octanol–water partition coefficient (Wildman–Crippen LogP) is 2.80. The summed E-state index contributed by atoms with van der Waals surface area (Å²) in [7, 11) is 3.56. The molecule has 0 aliphatic carbocycles. The molecule has 0 saturated heterocycles. The summed E-state index contributed by atoms with van der Waals surface area (Å²) in [5.41, 5.74) is 3.96. The second-order valence-corrected chi connectivity index (χ2v) is 4.28. The van der Waals surface area contributed by atoms with Crippen LogP contribution in [0.3, 0.4) is 0 Å². The first kappa shape index (κ1) is 12.4. The molecule has 0 saturated carbocycles. The van der Waals surface area contributed by atoms with E-state index in [2.05, 4.69) is 10.1 Å². The van der Waals surface area contributed by atoms with Crippen molar-refractivity contribution in [2.75, 3.05) is 7.11 Å². The number of ether oxygens (including phenoxy) is 1. The third kappa shape index (κ3) is 2.59. The third-order valence-electron chi connectivity index (χ3n) is 2.73. The number of aromatic nitrogens is 2. The Hall–Kier alpha value is -2.10. The molecule has 0 spiro atoms. The van der Waals surface area contributed by atoms with Crippen molar-refractivity contribution in [3.05, 3.63) is 41.2 Å². The first-order valence-electron chi connectivity index (χ1n) is 5.79. The van der Waals surface area contributed by atoms with E-state index in [4.69, 9.17) is 4.74 Å². The summed E-state index contributed by atoms with van der Waals surface area (Å²) >= 11 is 0. The Balaban J connectivity index is 2.31. The third-order valence-corrected chi connectivity index (χ3v) is 2.73. The van der Waals surface area contributed by atoms with Crippen LogP contribution in [0.2, 0.25) is 0 Å². The molecule has 2 rings (SSSR count). The number of benzene rings is 1. The van der Waals surface area contributed by atoms with Gasteiger partial charge in [-0.05, 0) is 31.5 Å². The van der Waals surface area contributed by atoms with Crippen LogP contribution >= 0.6 is 0 Å². The molecule has 0 atom stereocenters.